The zero-order valence-electron chi connectivity index (χ0n) is 15.9. The fourth-order valence-electron chi connectivity index (χ4n) is 2.54. The molecule has 1 N–H and O–H groups in total. The molecule has 9 heteroatoms. The van der Waals surface area contributed by atoms with Gasteiger partial charge in [0.2, 0.25) is 5.91 Å². The molecule has 1 heterocycles. The summed E-state index contributed by atoms with van der Waals surface area (Å²) in [5.41, 5.74) is 1.08. The minimum Gasteiger partial charge on any atom is -0.462 e. The van der Waals surface area contributed by atoms with E-state index in [-0.39, 0.29) is 36.0 Å². The monoisotopic (exact) mass is 427 g/mol. The molecule has 1 amide bonds. The van der Waals surface area contributed by atoms with E-state index in [9.17, 15) is 22.4 Å². The van der Waals surface area contributed by atoms with Crippen LogP contribution in [0.15, 0.2) is 29.2 Å². The van der Waals surface area contributed by atoms with Crippen molar-refractivity contribution >= 4 is 38.1 Å². The number of carbonyl (C=O) groups is 2. The molecular weight excluding hydrogens is 405 g/mol. The lowest BCUT2D eigenvalue weighted by atomic mass is 10.1. The SMILES string of the molecule is CCOC(=O)c1c(NC(=O)CCCS(=O)(=O)c2ccc(F)cc2)sc(C)c1C. The topological polar surface area (TPSA) is 89.5 Å². The third-order valence-corrected chi connectivity index (χ3v) is 7.05. The van der Waals surface area contributed by atoms with Gasteiger partial charge in [0.15, 0.2) is 9.84 Å². The Hall–Kier alpha value is -2.26. The second-order valence-corrected chi connectivity index (χ2v) is 9.47. The van der Waals surface area contributed by atoms with E-state index in [0.717, 1.165) is 22.6 Å². The van der Waals surface area contributed by atoms with Gasteiger partial charge in [0.25, 0.3) is 0 Å². The number of hydrogen-bond donors (Lipinski definition) is 1. The zero-order chi connectivity index (χ0) is 20.9. The molecule has 0 radical (unpaired) electrons. The molecule has 6 nitrogen and oxygen atoms in total. The molecule has 0 aliphatic heterocycles. The van der Waals surface area contributed by atoms with Crippen LogP contribution in [0, 0.1) is 19.7 Å². The molecular formula is C19H22FNO5S2. The number of sulfone groups is 1. The van der Waals surface area contributed by atoms with E-state index in [0.29, 0.717) is 10.6 Å². The highest BCUT2D eigenvalue weighted by atomic mass is 32.2. The van der Waals surface area contributed by atoms with E-state index in [2.05, 4.69) is 5.32 Å². The molecule has 28 heavy (non-hydrogen) atoms. The van der Waals surface area contributed by atoms with E-state index in [4.69, 9.17) is 4.74 Å². The van der Waals surface area contributed by atoms with E-state index in [1.165, 1.54) is 23.5 Å². The first-order valence-corrected chi connectivity index (χ1v) is 11.2. The summed E-state index contributed by atoms with van der Waals surface area (Å²) in [7, 11) is -3.60. The van der Waals surface area contributed by atoms with Crippen molar-refractivity contribution in [1.82, 2.24) is 0 Å². The van der Waals surface area contributed by atoms with Crippen molar-refractivity contribution in [3.05, 3.63) is 46.1 Å². The van der Waals surface area contributed by atoms with Crippen LogP contribution in [0.2, 0.25) is 0 Å². The number of esters is 1. The zero-order valence-corrected chi connectivity index (χ0v) is 17.5. The molecule has 0 fully saturated rings. The van der Waals surface area contributed by atoms with Crippen molar-refractivity contribution < 1.29 is 27.1 Å². The van der Waals surface area contributed by atoms with Crippen molar-refractivity contribution in [2.24, 2.45) is 0 Å². The first-order valence-electron chi connectivity index (χ1n) is 8.71. The van der Waals surface area contributed by atoms with Crippen molar-refractivity contribution in [2.45, 2.75) is 38.5 Å². The summed E-state index contributed by atoms with van der Waals surface area (Å²) >= 11 is 1.27. The summed E-state index contributed by atoms with van der Waals surface area (Å²) in [6.45, 7) is 5.55. The third-order valence-electron chi connectivity index (χ3n) is 4.11. The maximum Gasteiger partial charge on any atom is 0.341 e. The molecule has 2 aromatic rings. The van der Waals surface area contributed by atoms with Crippen LogP contribution in [-0.4, -0.2) is 32.7 Å². The normalized spacial score (nSPS) is 11.3. The van der Waals surface area contributed by atoms with E-state index >= 15 is 0 Å². The van der Waals surface area contributed by atoms with Gasteiger partial charge in [-0.3, -0.25) is 4.79 Å². The smallest absolute Gasteiger partial charge is 0.341 e. The van der Waals surface area contributed by atoms with Gasteiger partial charge in [-0.25, -0.2) is 17.6 Å². The predicted molar refractivity (Wildman–Crippen MR) is 106 cm³/mol. The van der Waals surface area contributed by atoms with Gasteiger partial charge in [0.05, 0.1) is 22.8 Å². The first kappa shape index (κ1) is 22.0. The van der Waals surface area contributed by atoms with Crippen LogP contribution in [0.5, 0.6) is 0 Å². The summed E-state index contributed by atoms with van der Waals surface area (Å²) in [4.78, 5) is 25.3. The first-order chi connectivity index (χ1) is 13.2. The van der Waals surface area contributed by atoms with Crippen LogP contribution >= 0.6 is 11.3 Å². The molecule has 1 aromatic heterocycles. The predicted octanol–water partition coefficient (Wildman–Crippen LogP) is 3.87. The van der Waals surface area contributed by atoms with Gasteiger partial charge in [-0.15, -0.1) is 11.3 Å². The highest BCUT2D eigenvalue weighted by Gasteiger charge is 2.22. The van der Waals surface area contributed by atoms with Crippen molar-refractivity contribution in [3.8, 4) is 0 Å². The second-order valence-electron chi connectivity index (χ2n) is 6.13. The molecule has 0 aliphatic carbocycles. The number of aryl methyl sites for hydroxylation is 1. The maximum atomic E-state index is 12.9. The molecule has 2 rings (SSSR count). The quantitative estimate of drug-likeness (QED) is 0.510. The van der Waals surface area contributed by atoms with Gasteiger partial charge in [0.1, 0.15) is 10.8 Å². The largest absolute Gasteiger partial charge is 0.462 e. The lowest BCUT2D eigenvalue weighted by Crippen LogP contribution is -2.16. The number of nitrogens with one attached hydrogen (secondary N) is 1. The summed E-state index contributed by atoms with van der Waals surface area (Å²) in [6, 6.07) is 4.57. The standard InChI is InChI=1S/C19H22FNO5S2/c1-4-26-19(23)17-12(2)13(3)27-18(17)21-16(22)6-5-11-28(24,25)15-9-7-14(20)8-10-15/h7-10H,4-6,11H2,1-3H3,(H,21,22). The molecule has 1 aromatic carbocycles. The number of carbonyl (C=O) groups excluding carboxylic acids is 2. The minimum atomic E-state index is -3.60. The van der Waals surface area contributed by atoms with Crippen LogP contribution in [0.3, 0.4) is 0 Å². The van der Waals surface area contributed by atoms with Gasteiger partial charge in [-0.2, -0.15) is 0 Å². The van der Waals surface area contributed by atoms with E-state index in [1.807, 2.05) is 6.92 Å². The summed E-state index contributed by atoms with van der Waals surface area (Å²) in [5.74, 6) is -1.64. The molecule has 0 bridgehead atoms. The highest BCUT2D eigenvalue weighted by Crippen LogP contribution is 2.33. The number of amides is 1. The van der Waals surface area contributed by atoms with Crippen molar-refractivity contribution in [3.63, 3.8) is 0 Å². The molecule has 0 spiro atoms. The van der Waals surface area contributed by atoms with Crippen LogP contribution < -0.4 is 5.32 Å². The Bertz CT molecular complexity index is 965. The number of benzene rings is 1. The van der Waals surface area contributed by atoms with Crippen LogP contribution in [0.1, 0.15) is 40.6 Å². The average molecular weight is 428 g/mol. The van der Waals surface area contributed by atoms with Gasteiger partial charge in [-0.05, 0) is 57.0 Å². The minimum absolute atomic E-state index is 0.0170. The Morgan fingerprint density at radius 3 is 2.43 bits per heavy atom. The Labute approximate surface area is 167 Å². The Balaban J connectivity index is 1.99. The van der Waals surface area contributed by atoms with Crippen LogP contribution in [-0.2, 0) is 19.4 Å². The van der Waals surface area contributed by atoms with Gasteiger partial charge in [-0.1, -0.05) is 0 Å². The van der Waals surface area contributed by atoms with Gasteiger partial charge >= 0.3 is 5.97 Å². The van der Waals surface area contributed by atoms with Crippen LogP contribution in [0.4, 0.5) is 9.39 Å². The Kier molecular flexibility index (Phi) is 7.31. The molecule has 0 aliphatic rings. The lowest BCUT2D eigenvalue weighted by Gasteiger charge is -2.08. The fraction of sp³-hybridized carbons (Fsp3) is 0.368. The number of hydrogen-bond acceptors (Lipinski definition) is 6. The number of rotatable bonds is 8. The Morgan fingerprint density at radius 1 is 1.18 bits per heavy atom. The van der Waals surface area contributed by atoms with Crippen LogP contribution in [0.25, 0.3) is 0 Å². The molecule has 152 valence electrons. The molecule has 0 atom stereocenters. The van der Waals surface area contributed by atoms with Crippen molar-refractivity contribution in [2.75, 3.05) is 17.7 Å². The molecule has 0 saturated carbocycles. The van der Waals surface area contributed by atoms with Gasteiger partial charge < -0.3 is 10.1 Å². The number of halogens is 1. The van der Waals surface area contributed by atoms with E-state index < -0.39 is 21.6 Å². The molecule has 0 saturated heterocycles. The van der Waals surface area contributed by atoms with E-state index in [1.54, 1.807) is 13.8 Å². The summed E-state index contributed by atoms with van der Waals surface area (Å²) in [6.07, 6.45) is 0.0717. The molecule has 0 unspecified atom stereocenters. The highest BCUT2D eigenvalue weighted by molar-refractivity contribution is 7.91. The Morgan fingerprint density at radius 2 is 1.82 bits per heavy atom. The average Bonchev–Trinajstić information content (AvgIpc) is 2.89. The second kappa shape index (κ2) is 9.29. The number of ether oxygens (including phenoxy) is 1. The van der Waals surface area contributed by atoms with Crippen molar-refractivity contribution in [1.29, 1.82) is 0 Å². The number of anilines is 1. The summed E-state index contributed by atoms with van der Waals surface area (Å²) < 4.78 is 42.4. The fourth-order valence-corrected chi connectivity index (χ4v) is 4.91. The third kappa shape index (κ3) is 5.39. The summed E-state index contributed by atoms with van der Waals surface area (Å²) in [5, 5.41) is 3.08. The lowest BCUT2D eigenvalue weighted by molar-refractivity contribution is -0.116. The van der Waals surface area contributed by atoms with Gasteiger partial charge in [0, 0.05) is 11.3 Å². The maximum absolute atomic E-state index is 12.9. The number of thiophene rings is 1.